The quantitative estimate of drug-likeness (QED) is 0.577. The molecule has 0 atom stereocenters. The average Bonchev–Trinajstić information content (AvgIpc) is 2.50. The number of benzene rings is 3. The van der Waals surface area contributed by atoms with E-state index < -0.39 is 0 Å². The molecule has 1 nitrogen and oxygen atoms in total. The first-order chi connectivity index (χ1) is 10.1. The summed E-state index contributed by atoms with van der Waals surface area (Å²) in [4.78, 5) is 12.4. The Labute approximate surface area is 133 Å². The third-order valence-electron chi connectivity index (χ3n) is 3.47. The van der Waals surface area contributed by atoms with Crippen molar-refractivity contribution < 1.29 is 4.79 Å². The highest BCUT2D eigenvalue weighted by Crippen LogP contribution is 2.24. The Hall–Kier alpha value is -1.83. The molecule has 0 N–H and O–H groups in total. The van der Waals surface area contributed by atoms with Crippen LogP contribution in [0.5, 0.6) is 0 Å². The number of fused-ring (bicyclic) bond motifs is 1. The summed E-state index contributed by atoms with van der Waals surface area (Å²) in [5.41, 5.74) is 1.60. The van der Waals surface area contributed by atoms with E-state index in [0.717, 1.165) is 16.3 Å². The van der Waals surface area contributed by atoms with Gasteiger partial charge >= 0.3 is 0 Å². The van der Waals surface area contributed by atoms with E-state index >= 15 is 0 Å². The molecule has 0 heterocycles. The molecule has 3 rings (SSSR count). The zero-order valence-corrected chi connectivity index (χ0v) is 12.7. The van der Waals surface area contributed by atoms with E-state index in [1.807, 2.05) is 42.5 Å². The molecule has 0 unspecified atom stereocenters. The predicted octanol–water partition coefficient (Wildman–Crippen LogP) is 5.57. The van der Waals surface area contributed by atoms with Gasteiger partial charge in [0.25, 0.3) is 0 Å². The molecule has 21 heavy (non-hydrogen) atoms. The summed E-state index contributed by atoms with van der Waals surface area (Å²) in [5.74, 6) is 0.0323. The lowest BCUT2D eigenvalue weighted by atomic mass is 9.98. The first-order valence-electron chi connectivity index (χ1n) is 6.60. The summed E-state index contributed by atoms with van der Waals surface area (Å²) < 4.78 is 0. The topological polar surface area (TPSA) is 17.1 Å². The van der Waals surface area contributed by atoms with Gasteiger partial charge in [-0.3, -0.25) is 4.79 Å². The minimum absolute atomic E-state index is 0.0323. The lowest BCUT2D eigenvalue weighted by Gasteiger charge is -2.07. The fourth-order valence-electron chi connectivity index (χ4n) is 2.39. The van der Waals surface area contributed by atoms with E-state index in [2.05, 4.69) is 0 Å². The average molecular weight is 315 g/mol. The molecular formula is C18H12Cl2O. The summed E-state index contributed by atoms with van der Waals surface area (Å²) in [5, 5.41) is 3.10. The van der Waals surface area contributed by atoms with Gasteiger partial charge in [0.15, 0.2) is 5.78 Å². The Morgan fingerprint density at radius 3 is 2.43 bits per heavy atom. The normalized spacial score (nSPS) is 10.8. The smallest absolute Gasteiger partial charge is 0.167 e. The molecule has 0 aromatic heterocycles. The van der Waals surface area contributed by atoms with Crippen molar-refractivity contribution in [2.45, 2.75) is 6.42 Å². The standard InChI is InChI=1S/C18H12Cl2O/c19-16-9-8-14(10-17(16)20)18(21)11-13-6-3-5-12-4-1-2-7-15(12)13/h1-10H,11H2. The minimum Gasteiger partial charge on any atom is -0.294 e. The van der Waals surface area contributed by atoms with Crippen LogP contribution in [0.1, 0.15) is 15.9 Å². The molecule has 3 aromatic carbocycles. The van der Waals surface area contributed by atoms with Crippen LogP contribution in [0.4, 0.5) is 0 Å². The largest absolute Gasteiger partial charge is 0.294 e. The summed E-state index contributed by atoms with van der Waals surface area (Å²) in [6, 6.07) is 19.0. The molecule has 0 saturated carbocycles. The van der Waals surface area contributed by atoms with Gasteiger partial charge in [0, 0.05) is 12.0 Å². The van der Waals surface area contributed by atoms with E-state index in [4.69, 9.17) is 23.2 Å². The number of carbonyl (C=O) groups is 1. The van der Waals surface area contributed by atoms with Crippen molar-refractivity contribution in [2.24, 2.45) is 0 Å². The summed E-state index contributed by atoms with van der Waals surface area (Å²) in [6.45, 7) is 0. The van der Waals surface area contributed by atoms with Crippen LogP contribution in [0.15, 0.2) is 60.7 Å². The molecule has 0 aliphatic carbocycles. The van der Waals surface area contributed by atoms with E-state index in [-0.39, 0.29) is 5.78 Å². The summed E-state index contributed by atoms with van der Waals surface area (Å²) >= 11 is 11.9. The lowest BCUT2D eigenvalue weighted by molar-refractivity contribution is 0.0993. The second-order valence-corrected chi connectivity index (χ2v) is 5.68. The number of ketones is 1. The Morgan fingerprint density at radius 1 is 0.857 bits per heavy atom. The third-order valence-corrected chi connectivity index (χ3v) is 4.21. The molecule has 0 spiro atoms. The van der Waals surface area contributed by atoms with Crippen molar-refractivity contribution >= 4 is 39.8 Å². The van der Waals surface area contributed by atoms with Crippen molar-refractivity contribution in [3.05, 3.63) is 81.8 Å². The number of halogens is 2. The molecule has 104 valence electrons. The molecule has 0 radical (unpaired) electrons. The maximum Gasteiger partial charge on any atom is 0.167 e. The van der Waals surface area contributed by atoms with E-state index in [1.54, 1.807) is 18.2 Å². The van der Waals surface area contributed by atoms with Gasteiger partial charge < -0.3 is 0 Å². The molecule has 3 aromatic rings. The van der Waals surface area contributed by atoms with Crippen molar-refractivity contribution in [1.82, 2.24) is 0 Å². The van der Waals surface area contributed by atoms with Gasteiger partial charge in [-0.15, -0.1) is 0 Å². The third kappa shape index (κ3) is 2.94. The second-order valence-electron chi connectivity index (χ2n) is 4.87. The number of hydrogen-bond donors (Lipinski definition) is 0. The second kappa shape index (κ2) is 5.88. The monoisotopic (exact) mass is 314 g/mol. The van der Waals surface area contributed by atoms with Gasteiger partial charge in [0.05, 0.1) is 10.0 Å². The molecule has 3 heteroatoms. The van der Waals surface area contributed by atoms with E-state index in [9.17, 15) is 4.79 Å². The van der Waals surface area contributed by atoms with Crippen LogP contribution in [-0.4, -0.2) is 5.78 Å². The molecule has 0 aliphatic heterocycles. The maximum atomic E-state index is 12.4. The molecule has 0 aliphatic rings. The van der Waals surface area contributed by atoms with Crippen LogP contribution in [0, 0.1) is 0 Å². The molecule has 0 amide bonds. The van der Waals surface area contributed by atoms with Crippen LogP contribution in [0.2, 0.25) is 10.0 Å². The number of rotatable bonds is 3. The number of hydrogen-bond acceptors (Lipinski definition) is 1. The summed E-state index contributed by atoms with van der Waals surface area (Å²) in [7, 11) is 0. The highest BCUT2D eigenvalue weighted by atomic mass is 35.5. The summed E-state index contributed by atoms with van der Waals surface area (Å²) in [6.07, 6.45) is 0.347. The van der Waals surface area contributed by atoms with E-state index in [1.165, 1.54) is 0 Å². The highest BCUT2D eigenvalue weighted by molar-refractivity contribution is 6.42. The van der Waals surface area contributed by atoms with Crippen LogP contribution in [0.3, 0.4) is 0 Å². The number of carbonyl (C=O) groups excluding carboxylic acids is 1. The van der Waals surface area contributed by atoms with Crippen LogP contribution in [0.25, 0.3) is 10.8 Å². The Bertz CT molecular complexity index is 819. The Morgan fingerprint density at radius 2 is 1.62 bits per heavy atom. The van der Waals surface area contributed by atoms with Crippen molar-refractivity contribution in [3.8, 4) is 0 Å². The molecule has 0 fully saturated rings. The van der Waals surface area contributed by atoms with Gasteiger partial charge in [-0.1, -0.05) is 65.7 Å². The first-order valence-corrected chi connectivity index (χ1v) is 7.35. The van der Waals surface area contributed by atoms with Crippen molar-refractivity contribution in [2.75, 3.05) is 0 Å². The van der Waals surface area contributed by atoms with Gasteiger partial charge in [0.2, 0.25) is 0 Å². The zero-order valence-electron chi connectivity index (χ0n) is 11.1. The highest BCUT2D eigenvalue weighted by Gasteiger charge is 2.11. The van der Waals surface area contributed by atoms with Gasteiger partial charge in [0.1, 0.15) is 0 Å². The molecule has 0 bridgehead atoms. The van der Waals surface area contributed by atoms with Gasteiger partial charge in [-0.2, -0.15) is 0 Å². The fourth-order valence-corrected chi connectivity index (χ4v) is 2.69. The van der Waals surface area contributed by atoms with Crippen molar-refractivity contribution in [1.29, 1.82) is 0 Å². The van der Waals surface area contributed by atoms with Crippen LogP contribution >= 0.6 is 23.2 Å². The van der Waals surface area contributed by atoms with Gasteiger partial charge in [-0.05, 0) is 34.5 Å². The van der Waals surface area contributed by atoms with Gasteiger partial charge in [-0.25, -0.2) is 0 Å². The molecular weight excluding hydrogens is 303 g/mol. The van der Waals surface area contributed by atoms with Crippen molar-refractivity contribution in [3.63, 3.8) is 0 Å². The predicted molar refractivity (Wildman–Crippen MR) is 88.4 cm³/mol. The minimum atomic E-state index is 0.0323. The first kappa shape index (κ1) is 14.1. The van der Waals surface area contributed by atoms with Crippen LogP contribution in [-0.2, 0) is 6.42 Å². The fraction of sp³-hybridized carbons (Fsp3) is 0.0556. The number of Topliss-reactive ketones (excluding diaryl/α,β-unsaturated/α-hetero) is 1. The zero-order chi connectivity index (χ0) is 14.8. The maximum absolute atomic E-state index is 12.4. The lowest BCUT2D eigenvalue weighted by Crippen LogP contribution is -2.04. The van der Waals surface area contributed by atoms with Crippen LogP contribution < -0.4 is 0 Å². The van der Waals surface area contributed by atoms with E-state index in [0.29, 0.717) is 22.0 Å². The molecule has 0 saturated heterocycles. The Balaban J connectivity index is 1.94. The SMILES string of the molecule is O=C(Cc1cccc2ccccc12)c1ccc(Cl)c(Cl)c1. The Kier molecular flexibility index (Phi) is 3.96.